The van der Waals surface area contributed by atoms with Gasteiger partial charge in [0, 0.05) is 22.3 Å². The van der Waals surface area contributed by atoms with Crippen LogP contribution in [0, 0.1) is 5.82 Å². The smallest absolute Gasteiger partial charge is 0.263 e. The van der Waals surface area contributed by atoms with Crippen LogP contribution in [0.1, 0.15) is 0 Å². The molecule has 3 nitrogen and oxygen atoms in total. The first-order valence-electron chi connectivity index (χ1n) is 3.81. The number of aromatic amines is 1. The Labute approximate surface area is 97.8 Å². The molecule has 15 heavy (non-hydrogen) atoms. The van der Waals surface area contributed by atoms with Crippen LogP contribution < -0.4 is 0 Å². The number of rotatable bonds is 1. The predicted molar refractivity (Wildman–Crippen MR) is 59.0 cm³/mol. The predicted octanol–water partition coefficient (Wildman–Crippen LogP) is 3.00. The summed E-state index contributed by atoms with van der Waals surface area (Å²) in [6.45, 7) is 0. The van der Waals surface area contributed by atoms with Crippen LogP contribution in [0.2, 0.25) is 0 Å². The van der Waals surface area contributed by atoms with Crippen molar-refractivity contribution >= 4 is 46.6 Å². The summed E-state index contributed by atoms with van der Waals surface area (Å²) in [7, 11) is 1.40. The highest BCUT2D eigenvalue weighted by Gasteiger charge is 2.18. The molecule has 0 aliphatic carbocycles. The zero-order valence-corrected chi connectivity index (χ0v) is 10.2. The van der Waals surface area contributed by atoms with Gasteiger partial charge in [-0.05, 0) is 28.1 Å². The van der Waals surface area contributed by atoms with Gasteiger partial charge in [0.2, 0.25) is 0 Å². The summed E-state index contributed by atoms with van der Waals surface area (Å²) < 4.78 is 35.6. The summed E-state index contributed by atoms with van der Waals surface area (Å²) in [5.41, 5.74) is 0.370. The Balaban J connectivity index is 2.90. The van der Waals surface area contributed by atoms with Gasteiger partial charge >= 0.3 is 0 Å². The molecule has 0 spiro atoms. The third-order valence-corrected chi connectivity index (χ3v) is 4.11. The van der Waals surface area contributed by atoms with Gasteiger partial charge in [-0.25, -0.2) is 12.8 Å². The van der Waals surface area contributed by atoms with Crippen LogP contribution in [-0.2, 0) is 9.05 Å². The van der Waals surface area contributed by atoms with Gasteiger partial charge in [-0.2, -0.15) is 0 Å². The highest BCUT2D eigenvalue weighted by Crippen LogP contribution is 2.31. The fourth-order valence-corrected chi connectivity index (χ4v) is 2.79. The van der Waals surface area contributed by atoms with Gasteiger partial charge < -0.3 is 4.98 Å². The summed E-state index contributed by atoms with van der Waals surface area (Å²) in [4.78, 5) is 2.60. The molecule has 1 aromatic heterocycles. The topological polar surface area (TPSA) is 49.9 Å². The Morgan fingerprint density at radius 3 is 2.67 bits per heavy atom. The minimum atomic E-state index is -3.82. The molecule has 0 fully saturated rings. The van der Waals surface area contributed by atoms with E-state index in [1.807, 2.05) is 0 Å². The van der Waals surface area contributed by atoms with Crippen molar-refractivity contribution in [3.63, 3.8) is 0 Å². The quantitative estimate of drug-likeness (QED) is 0.823. The standard InChI is InChI=1S/C8H4BrClFNO2S/c9-7-5(11)2-1-4-6(15(10,13)14)3-12-8(4)7/h1-3,12H. The summed E-state index contributed by atoms with van der Waals surface area (Å²) in [5.74, 6) is -0.470. The van der Waals surface area contributed by atoms with Gasteiger partial charge in [0.25, 0.3) is 9.05 Å². The van der Waals surface area contributed by atoms with Crippen molar-refractivity contribution < 1.29 is 12.8 Å². The van der Waals surface area contributed by atoms with E-state index in [0.29, 0.717) is 10.9 Å². The summed E-state index contributed by atoms with van der Waals surface area (Å²) in [5, 5.41) is 0.360. The normalized spacial score (nSPS) is 12.2. The second kappa shape index (κ2) is 3.47. The summed E-state index contributed by atoms with van der Waals surface area (Å²) in [6, 6.07) is 2.53. The van der Waals surface area contributed by atoms with E-state index in [1.54, 1.807) is 0 Å². The molecule has 80 valence electrons. The molecule has 0 aliphatic rings. The van der Waals surface area contributed by atoms with E-state index in [1.165, 1.54) is 18.3 Å². The molecule has 0 radical (unpaired) electrons. The van der Waals surface area contributed by atoms with Crippen molar-refractivity contribution in [2.24, 2.45) is 0 Å². The maximum absolute atomic E-state index is 13.1. The lowest BCUT2D eigenvalue weighted by molar-refractivity contribution is 0.610. The van der Waals surface area contributed by atoms with E-state index in [2.05, 4.69) is 20.9 Å². The number of hydrogen-bond donors (Lipinski definition) is 1. The number of H-pyrrole nitrogens is 1. The lowest BCUT2D eigenvalue weighted by atomic mass is 10.2. The first kappa shape index (κ1) is 10.9. The van der Waals surface area contributed by atoms with E-state index in [0.717, 1.165) is 0 Å². The molecule has 0 bridgehead atoms. The Kier molecular flexibility index (Phi) is 2.52. The van der Waals surface area contributed by atoms with Gasteiger partial charge in [0.15, 0.2) is 0 Å². The molecule has 0 aliphatic heterocycles. The first-order chi connectivity index (χ1) is 6.91. The van der Waals surface area contributed by atoms with Crippen molar-refractivity contribution in [2.45, 2.75) is 4.90 Å². The molecule has 7 heteroatoms. The van der Waals surface area contributed by atoms with Crippen LogP contribution in [0.4, 0.5) is 4.39 Å². The molecule has 0 amide bonds. The van der Waals surface area contributed by atoms with Gasteiger partial charge in [-0.3, -0.25) is 0 Å². The average Bonchev–Trinajstić information content (AvgIpc) is 2.54. The Bertz CT molecular complexity index is 637. The van der Waals surface area contributed by atoms with E-state index < -0.39 is 14.9 Å². The number of aromatic nitrogens is 1. The van der Waals surface area contributed by atoms with Gasteiger partial charge in [0.1, 0.15) is 10.7 Å². The Morgan fingerprint density at radius 2 is 2.07 bits per heavy atom. The molecule has 1 N–H and O–H groups in total. The SMILES string of the molecule is O=S(=O)(Cl)c1c[nH]c2c(Br)c(F)ccc12. The molecule has 0 saturated carbocycles. The highest BCUT2D eigenvalue weighted by atomic mass is 79.9. The fourth-order valence-electron chi connectivity index (χ4n) is 1.31. The third kappa shape index (κ3) is 1.77. The Hall–Kier alpha value is -0.590. The molecular weight excluding hydrogens is 309 g/mol. The number of fused-ring (bicyclic) bond motifs is 1. The van der Waals surface area contributed by atoms with Crippen LogP contribution in [0.15, 0.2) is 27.7 Å². The van der Waals surface area contributed by atoms with Crippen molar-refractivity contribution in [1.82, 2.24) is 4.98 Å². The van der Waals surface area contributed by atoms with Gasteiger partial charge in [-0.1, -0.05) is 0 Å². The fraction of sp³-hybridized carbons (Fsp3) is 0. The zero-order chi connectivity index (χ0) is 11.2. The van der Waals surface area contributed by atoms with Crippen LogP contribution in [-0.4, -0.2) is 13.4 Å². The van der Waals surface area contributed by atoms with Crippen LogP contribution >= 0.6 is 26.6 Å². The van der Waals surface area contributed by atoms with Crippen molar-refractivity contribution in [3.8, 4) is 0 Å². The lowest BCUT2D eigenvalue weighted by Gasteiger charge is -1.97. The highest BCUT2D eigenvalue weighted by molar-refractivity contribution is 9.10. The van der Waals surface area contributed by atoms with E-state index in [4.69, 9.17) is 10.7 Å². The number of benzene rings is 1. The van der Waals surface area contributed by atoms with Crippen molar-refractivity contribution in [2.75, 3.05) is 0 Å². The van der Waals surface area contributed by atoms with Crippen LogP contribution in [0.5, 0.6) is 0 Å². The molecule has 1 heterocycles. The third-order valence-electron chi connectivity index (χ3n) is 1.97. The first-order valence-corrected chi connectivity index (χ1v) is 6.91. The van der Waals surface area contributed by atoms with Crippen LogP contribution in [0.25, 0.3) is 10.9 Å². The second-order valence-corrected chi connectivity index (χ2v) is 6.20. The van der Waals surface area contributed by atoms with E-state index in [9.17, 15) is 12.8 Å². The lowest BCUT2D eigenvalue weighted by Crippen LogP contribution is -1.88. The molecule has 0 unspecified atom stereocenters. The molecule has 2 rings (SSSR count). The Morgan fingerprint density at radius 1 is 1.40 bits per heavy atom. The number of hydrogen-bond acceptors (Lipinski definition) is 2. The van der Waals surface area contributed by atoms with Gasteiger partial charge in [-0.15, -0.1) is 0 Å². The zero-order valence-electron chi connectivity index (χ0n) is 7.09. The molecular formula is C8H4BrClFNO2S. The maximum Gasteiger partial charge on any atom is 0.263 e. The largest absolute Gasteiger partial charge is 0.359 e. The monoisotopic (exact) mass is 311 g/mol. The number of nitrogens with one attached hydrogen (secondary N) is 1. The summed E-state index contributed by atoms with van der Waals surface area (Å²) in [6.07, 6.45) is 1.23. The van der Waals surface area contributed by atoms with E-state index >= 15 is 0 Å². The van der Waals surface area contributed by atoms with Crippen LogP contribution in [0.3, 0.4) is 0 Å². The average molecular weight is 313 g/mol. The molecule has 0 atom stereocenters. The number of halogens is 3. The van der Waals surface area contributed by atoms with Crippen molar-refractivity contribution in [1.29, 1.82) is 0 Å². The molecule has 0 saturated heterocycles. The van der Waals surface area contributed by atoms with Crippen molar-refractivity contribution in [3.05, 3.63) is 28.6 Å². The molecule has 1 aromatic carbocycles. The summed E-state index contributed by atoms with van der Waals surface area (Å²) >= 11 is 3.02. The maximum atomic E-state index is 13.1. The minimum Gasteiger partial charge on any atom is -0.359 e. The second-order valence-electron chi connectivity index (χ2n) is 2.87. The van der Waals surface area contributed by atoms with E-state index in [-0.39, 0.29) is 9.37 Å². The minimum absolute atomic E-state index is 0.0557. The molecule has 2 aromatic rings. The van der Waals surface area contributed by atoms with Gasteiger partial charge in [0.05, 0.1) is 9.99 Å².